The molecule has 0 saturated heterocycles. The van der Waals surface area contributed by atoms with E-state index in [9.17, 15) is 9.59 Å². The highest BCUT2D eigenvalue weighted by Crippen LogP contribution is 2.21. The molecule has 0 atom stereocenters. The zero-order valence-electron chi connectivity index (χ0n) is 21.1. The van der Waals surface area contributed by atoms with Gasteiger partial charge in [-0.15, -0.1) is 0 Å². The molecular formula is C29H33N5O2. The van der Waals surface area contributed by atoms with Crippen molar-refractivity contribution in [3.8, 4) is 0 Å². The number of carbonyl (C=O) groups excluding carboxylic acids is 2. The molecule has 0 aliphatic heterocycles. The minimum atomic E-state index is -0.277. The summed E-state index contributed by atoms with van der Waals surface area (Å²) in [6.45, 7) is 7.56. The fourth-order valence-electron chi connectivity index (χ4n) is 4.42. The van der Waals surface area contributed by atoms with E-state index in [0.717, 1.165) is 34.8 Å². The number of imidazole rings is 1. The van der Waals surface area contributed by atoms with Gasteiger partial charge in [-0.25, -0.2) is 4.98 Å². The molecule has 0 fully saturated rings. The smallest absolute Gasteiger partial charge is 0.276 e. The molecule has 0 spiro atoms. The van der Waals surface area contributed by atoms with E-state index < -0.39 is 0 Å². The van der Waals surface area contributed by atoms with Crippen LogP contribution in [0.5, 0.6) is 0 Å². The summed E-state index contributed by atoms with van der Waals surface area (Å²) < 4.78 is 2.07. The molecule has 0 aliphatic carbocycles. The van der Waals surface area contributed by atoms with E-state index in [-0.39, 0.29) is 18.4 Å². The van der Waals surface area contributed by atoms with Gasteiger partial charge in [0.25, 0.3) is 11.8 Å². The van der Waals surface area contributed by atoms with E-state index in [1.807, 2.05) is 69.3 Å². The molecule has 2 aromatic carbocycles. The number of rotatable bonds is 10. The molecule has 7 heteroatoms. The van der Waals surface area contributed by atoms with Crippen LogP contribution in [-0.2, 0) is 19.5 Å². The van der Waals surface area contributed by atoms with Crippen LogP contribution in [-0.4, -0.2) is 37.8 Å². The third-order valence-electron chi connectivity index (χ3n) is 6.11. The summed E-state index contributed by atoms with van der Waals surface area (Å²) in [7, 11) is 0. The van der Waals surface area contributed by atoms with Gasteiger partial charge in [0.15, 0.2) is 5.69 Å². The second kappa shape index (κ2) is 11.5. The van der Waals surface area contributed by atoms with Crippen molar-refractivity contribution < 1.29 is 9.59 Å². The van der Waals surface area contributed by atoms with Gasteiger partial charge in [0.2, 0.25) is 0 Å². The summed E-state index contributed by atoms with van der Waals surface area (Å²) in [6.07, 6.45) is 3.14. The number of amides is 2. The number of anilines is 1. The normalized spacial score (nSPS) is 10.9. The van der Waals surface area contributed by atoms with Crippen LogP contribution in [0.15, 0.2) is 72.9 Å². The van der Waals surface area contributed by atoms with Crippen LogP contribution in [0.3, 0.4) is 0 Å². The van der Waals surface area contributed by atoms with E-state index in [1.54, 1.807) is 17.2 Å². The minimum Gasteiger partial charge on any atom is -0.357 e. The first-order chi connectivity index (χ1) is 17.5. The van der Waals surface area contributed by atoms with Gasteiger partial charge >= 0.3 is 0 Å². The average molecular weight is 484 g/mol. The van der Waals surface area contributed by atoms with E-state index >= 15 is 0 Å². The Bertz CT molecular complexity index is 1310. The monoisotopic (exact) mass is 483 g/mol. The molecule has 2 aromatic heterocycles. The van der Waals surface area contributed by atoms with Crippen molar-refractivity contribution in [1.82, 2.24) is 19.4 Å². The summed E-state index contributed by atoms with van der Waals surface area (Å²) in [5.74, 6) is 0.429. The number of aromatic nitrogens is 3. The molecule has 0 bridgehead atoms. The quantitative estimate of drug-likeness (QED) is 0.315. The number of H-pyrrole nitrogens is 1. The SMILES string of the molecule is CCCN(Cc1c(C(=O)Nc2cccc(C)c2)nc(Cc2ccccc2)n1CC)C(=O)c1ccc[nH]1. The number of hydrogen-bond donors (Lipinski definition) is 2. The molecule has 0 saturated carbocycles. The van der Waals surface area contributed by atoms with Crippen molar-refractivity contribution in [3.05, 3.63) is 107 Å². The standard InChI is InChI=1S/C29H33N5O2/c1-4-17-33(29(36)24-15-10-16-30-24)20-25-27(28(35)31-23-14-9-11-21(3)18-23)32-26(34(25)5-2)19-22-12-7-6-8-13-22/h6-16,18,30H,4-5,17,19-20H2,1-3H3,(H,31,35). The van der Waals surface area contributed by atoms with Crippen LogP contribution in [0.2, 0.25) is 0 Å². The van der Waals surface area contributed by atoms with Gasteiger partial charge in [-0.1, -0.05) is 49.4 Å². The average Bonchev–Trinajstić information content (AvgIpc) is 3.52. The summed E-state index contributed by atoms with van der Waals surface area (Å²) in [5, 5.41) is 3.01. The van der Waals surface area contributed by atoms with E-state index in [4.69, 9.17) is 4.98 Å². The van der Waals surface area contributed by atoms with Crippen LogP contribution in [0, 0.1) is 6.92 Å². The number of hydrogen-bond acceptors (Lipinski definition) is 3. The van der Waals surface area contributed by atoms with Crippen LogP contribution >= 0.6 is 0 Å². The summed E-state index contributed by atoms with van der Waals surface area (Å²) in [4.78, 5) is 36.4. The van der Waals surface area contributed by atoms with Crippen molar-refractivity contribution in [1.29, 1.82) is 0 Å². The van der Waals surface area contributed by atoms with Crippen molar-refractivity contribution >= 4 is 17.5 Å². The van der Waals surface area contributed by atoms with Crippen LogP contribution < -0.4 is 5.32 Å². The molecule has 2 heterocycles. The Morgan fingerprint density at radius 2 is 1.83 bits per heavy atom. The highest BCUT2D eigenvalue weighted by Gasteiger charge is 2.26. The van der Waals surface area contributed by atoms with E-state index in [1.165, 1.54) is 0 Å². The maximum Gasteiger partial charge on any atom is 0.276 e. The number of aromatic amines is 1. The van der Waals surface area contributed by atoms with Crippen molar-refractivity contribution in [2.75, 3.05) is 11.9 Å². The lowest BCUT2D eigenvalue weighted by molar-refractivity contribution is 0.0732. The molecule has 4 rings (SSSR count). The van der Waals surface area contributed by atoms with Crippen molar-refractivity contribution in [2.24, 2.45) is 0 Å². The largest absolute Gasteiger partial charge is 0.357 e. The molecule has 4 aromatic rings. The summed E-state index contributed by atoms with van der Waals surface area (Å²) in [5.41, 5.74) is 4.51. The van der Waals surface area contributed by atoms with Gasteiger partial charge in [-0.2, -0.15) is 0 Å². The molecule has 7 nitrogen and oxygen atoms in total. The number of aryl methyl sites for hydroxylation is 1. The molecular weight excluding hydrogens is 450 g/mol. The lowest BCUT2D eigenvalue weighted by Gasteiger charge is -2.23. The fraction of sp³-hybridized carbons (Fsp3) is 0.276. The molecule has 2 N–H and O–H groups in total. The van der Waals surface area contributed by atoms with E-state index in [2.05, 4.69) is 27.0 Å². The Hall–Kier alpha value is -4.13. The zero-order valence-corrected chi connectivity index (χ0v) is 21.1. The molecule has 186 valence electrons. The lowest BCUT2D eigenvalue weighted by atomic mass is 10.1. The van der Waals surface area contributed by atoms with Gasteiger partial charge in [0, 0.05) is 31.4 Å². The maximum absolute atomic E-state index is 13.5. The Balaban J connectivity index is 1.73. The first kappa shape index (κ1) is 25.0. The second-order valence-electron chi connectivity index (χ2n) is 8.86. The Labute approximate surface area is 212 Å². The Kier molecular flexibility index (Phi) is 8.00. The number of nitrogens with zero attached hydrogens (tertiary/aromatic N) is 3. The summed E-state index contributed by atoms with van der Waals surface area (Å²) in [6, 6.07) is 21.4. The Morgan fingerprint density at radius 1 is 1.03 bits per heavy atom. The molecule has 0 unspecified atom stereocenters. The predicted octanol–water partition coefficient (Wildman–Crippen LogP) is 5.44. The van der Waals surface area contributed by atoms with Gasteiger partial charge in [-0.05, 0) is 55.7 Å². The number of benzene rings is 2. The zero-order chi connectivity index (χ0) is 25.5. The number of carbonyl (C=O) groups is 2. The predicted molar refractivity (Wildman–Crippen MR) is 142 cm³/mol. The van der Waals surface area contributed by atoms with Crippen molar-refractivity contribution in [2.45, 2.75) is 46.7 Å². The van der Waals surface area contributed by atoms with Crippen LogP contribution in [0.4, 0.5) is 5.69 Å². The van der Waals surface area contributed by atoms with Gasteiger partial charge in [-0.3, -0.25) is 9.59 Å². The van der Waals surface area contributed by atoms with Gasteiger partial charge in [0.05, 0.1) is 12.2 Å². The van der Waals surface area contributed by atoms with Gasteiger partial charge < -0.3 is 19.8 Å². The van der Waals surface area contributed by atoms with Crippen molar-refractivity contribution in [3.63, 3.8) is 0 Å². The third-order valence-corrected chi connectivity index (χ3v) is 6.11. The first-order valence-electron chi connectivity index (χ1n) is 12.4. The Morgan fingerprint density at radius 3 is 2.50 bits per heavy atom. The second-order valence-corrected chi connectivity index (χ2v) is 8.86. The molecule has 0 radical (unpaired) electrons. The van der Waals surface area contributed by atoms with Crippen LogP contribution in [0.1, 0.15) is 63.9 Å². The maximum atomic E-state index is 13.5. The first-order valence-corrected chi connectivity index (χ1v) is 12.4. The third kappa shape index (κ3) is 5.74. The van der Waals surface area contributed by atoms with E-state index in [0.29, 0.717) is 30.9 Å². The molecule has 36 heavy (non-hydrogen) atoms. The van der Waals surface area contributed by atoms with Crippen LogP contribution in [0.25, 0.3) is 0 Å². The van der Waals surface area contributed by atoms with Gasteiger partial charge in [0.1, 0.15) is 11.5 Å². The minimum absolute atomic E-state index is 0.0969. The topological polar surface area (TPSA) is 83.0 Å². The summed E-state index contributed by atoms with van der Waals surface area (Å²) >= 11 is 0. The highest BCUT2D eigenvalue weighted by molar-refractivity contribution is 6.04. The molecule has 0 aliphatic rings. The number of nitrogens with one attached hydrogen (secondary N) is 2. The molecule has 2 amide bonds. The fourth-order valence-corrected chi connectivity index (χ4v) is 4.42. The highest BCUT2D eigenvalue weighted by atomic mass is 16.2. The lowest BCUT2D eigenvalue weighted by Crippen LogP contribution is -2.33.